The summed E-state index contributed by atoms with van der Waals surface area (Å²) in [6.45, 7) is 3.62. The van der Waals surface area contributed by atoms with Crippen LogP contribution in [-0.4, -0.2) is 24.3 Å². The Labute approximate surface area is 147 Å². The summed E-state index contributed by atoms with van der Waals surface area (Å²) in [5.41, 5.74) is 2.08. The number of amides is 1. The first-order valence-electron chi connectivity index (χ1n) is 8.53. The zero-order valence-electron chi connectivity index (χ0n) is 13.8. The number of nitrogens with zero attached hydrogens (tertiary/aromatic N) is 1. The number of benzene rings is 2. The molecule has 2 aromatic rings. The first-order valence-corrected chi connectivity index (χ1v) is 9.41. The van der Waals surface area contributed by atoms with E-state index in [-0.39, 0.29) is 11.8 Å². The van der Waals surface area contributed by atoms with Gasteiger partial charge >= 0.3 is 0 Å². The maximum absolute atomic E-state index is 13.4. The van der Waals surface area contributed by atoms with E-state index in [0.29, 0.717) is 11.9 Å². The molecule has 1 amide bonds. The fourth-order valence-electron chi connectivity index (χ4n) is 3.50. The number of hydrogen-bond donors (Lipinski definition) is 0. The van der Waals surface area contributed by atoms with E-state index in [1.54, 1.807) is 0 Å². The molecular weight excluding hydrogens is 318 g/mol. The van der Waals surface area contributed by atoms with Gasteiger partial charge in [0.15, 0.2) is 0 Å². The largest absolute Gasteiger partial charge is 0.493 e. The Kier molecular flexibility index (Phi) is 4.23. The Morgan fingerprint density at radius 2 is 1.92 bits per heavy atom. The van der Waals surface area contributed by atoms with Crippen LogP contribution in [0.15, 0.2) is 53.4 Å². The zero-order chi connectivity index (χ0) is 16.5. The normalized spacial score (nSPS) is 22.8. The summed E-state index contributed by atoms with van der Waals surface area (Å²) in [7, 11) is 0. The molecule has 0 aliphatic carbocycles. The summed E-state index contributed by atoms with van der Waals surface area (Å²) < 4.78 is 5.73. The molecular formula is C20H21NO2S. The van der Waals surface area contributed by atoms with Crippen molar-refractivity contribution in [2.75, 3.05) is 18.1 Å². The molecule has 2 atom stereocenters. The number of thioether (sulfide) groups is 1. The molecule has 4 heteroatoms. The topological polar surface area (TPSA) is 29.5 Å². The van der Waals surface area contributed by atoms with Crippen molar-refractivity contribution in [2.45, 2.75) is 35.8 Å². The molecule has 0 saturated carbocycles. The third-order valence-electron chi connectivity index (χ3n) is 4.77. The lowest BCUT2D eigenvalue weighted by molar-refractivity contribution is -0.120. The van der Waals surface area contributed by atoms with Gasteiger partial charge < -0.3 is 9.64 Å². The standard InChI is InChI=1S/C20H21NO2S/c1-14-10-12-21(17-7-3-5-9-19(17)24-14)20(22)16-11-13-23-18-8-4-2-6-15(16)18/h2-9,14,16H,10-13H2,1H3. The van der Waals surface area contributed by atoms with Crippen LogP contribution in [-0.2, 0) is 4.79 Å². The van der Waals surface area contributed by atoms with E-state index in [2.05, 4.69) is 25.1 Å². The summed E-state index contributed by atoms with van der Waals surface area (Å²) >= 11 is 1.87. The average Bonchev–Trinajstić information content (AvgIpc) is 2.79. The summed E-state index contributed by atoms with van der Waals surface area (Å²) in [5, 5.41) is 0.519. The number of para-hydroxylation sites is 2. The monoisotopic (exact) mass is 339 g/mol. The molecule has 0 saturated heterocycles. The van der Waals surface area contributed by atoms with Gasteiger partial charge in [0.2, 0.25) is 5.91 Å². The van der Waals surface area contributed by atoms with Crippen LogP contribution in [0.5, 0.6) is 5.75 Å². The average molecular weight is 339 g/mol. The number of ether oxygens (including phenoxy) is 1. The number of hydrogen-bond acceptors (Lipinski definition) is 3. The molecule has 0 spiro atoms. The quantitative estimate of drug-likeness (QED) is 0.768. The van der Waals surface area contributed by atoms with Crippen LogP contribution in [0.1, 0.15) is 31.2 Å². The highest BCUT2D eigenvalue weighted by atomic mass is 32.2. The van der Waals surface area contributed by atoms with Crippen molar-refractivity contribution in [1.29, 1.82) is 0 Å². The number of rotatable bonds is 1. The van der Waals surface area contributed by atoms with Crippen molar-refractivity contribution >= 4 is 23.4 Å². The Balaban J connectivity index is 1.70. The summed E-state index contributed by atoms with van der Waals surface area (Å²) in [4.78, 5) is 16.6. The maximum Gasteiger partial charge on any atom is 0.234 e. The van der Waals surface area contributed by atoms with Gasteiger partial charge in [0, 0.05) is 22.3 Å². The van der Waals surface area contributed by atoms with Crippen molar-refractivity contribution < 1.29 is 9.53 Å². The predicted octanol–water partition coefficient (Wildman–Crippen LogP) is 4.47. The minimum absolute atomic E-state index is 0.110. The minimum Gasteiger partial charge on any atom is -0.493 e. The van der Waals surface area contributed by atoms with E-state index in [0.717, 1.165) is 36.4 Å². The molecule has 2 aliphatic rings. The molecule has 0 radical (unpaired) electrons. The van der Waals surface area contributed by atoms with Crippen LogP contribution < -0.4 is 9.64 Å². The second-order valence-corrected chi connectivity index (χ2v) is 7.88. The highest BCUT2D eigenvalue weighted by Gasteiger charge is 2.33. The third kappa shape index (κ3) is 2.80. The molecule has 2 unspecified atom stereocenters. The predicted molar refractivity (Wildman–Crippen MR) is 98.0 cm³/mol. The van der Waals surface area contributed by atoms with Gasteiger partial charge in [0.25, 0.3) is 0 Å². The first kappa shape index (κ1) is 15.6. The van der Waals surface area contributed by atoms with E-state index in [9.17, 15) is 4.79 Å². The van der Waals surface area contributed by atoms with Crippen LogP contribution in [0.4, 0.5) is 5.69 Å². The Morgan fingerprint density at radius 3 is 2.83 bits per heavy atom. The van der Waals surface area contributed by atoms with Crippen molar-refractivity contribution in [3.63, 3.8) is 0 Å². The number of fused-ring (bicyclic) bond motifs is 2. The van der Waals surface area contributed by atoms with Crippen LogP contribution in [0.3, 0.4) is 0 Å². The van der Waals surface area contributed by atoms with E-state index >= 15 is 0 Å². The van der Waals surface area contributed by atoms with Crippen molar-refractivity contribution in [1.82, 2.24) is 0 Å². The van der Waals surface area contributed by atoms with E-state index in [1.807, 2.05) is 47.0 Å². The van der Waals surface area contributed by atoms with Crippen LogP contribution in [0.25, 0.3) is 0 Å². The molecule has 3 nitrogen and oxygen atoms in total. The molecule has 24 heavy (non-hydrogen) atoms. The van der Waals surface area contributed by atoms with Gasteiger partial charge in [-0.25, -0.2) is 0 Å². The molecule has 124 valence electrons. The van der Waals surface area contributed by atoms with Crippen molar-refractivity contribution in [3.05, 3.63) is 54.1 Å². The van der Waals surface area contributed by atoms with Crippen LogP contribution in [0, 0.1) is 0 Å². The summed E-state index contributed by atoms with van der Waals surface area (Å²) in [5.74, 6) is 0.947. The van der Waals surface area contributed by atoms with Gasteiger partial charge in [-0.2, -0.15) is 0 Å². The highest BCUT2D eigenvalue weighted by Crippen LogP contribution is 2.40. The lowest BCUT2D eigenvalue weighted by atomic mass is 9.91. The molecule has 2 heterocycles. The first-order chi connectivity index (χ1) is 11.7. The minimum atomic E-state index is -0.110. The lowest BCUT2D eigenvalue weighted by Gasteiger charge is -2.31. The van der Waals surface area contributed by atoms with Gasteiger partial charge in [0.1, 0.15) is 5.75 Å². The molecule has 2 aliphatic heterocycles. The smallest absolute Gasteiger partial charge is 0.234 e. The van der Waals surface area contributed by atoms with Gasteiger partial charge in [-0.3, -0.25) is 4.79 Å². The van der Waals surface area contributed by atoms with Gasteiger partial charge in [-0.1, -0.05) is 37.3 Å². The molecule has 2 aromatic carbocycles. The van der Waals surface area contributed by atoms with E-state index in [1.165, 1.54) is 4.90 Å². The number of anilines is 1. The van der Waals surface area contributed by atoms with E-state index in [4.69, 9.17) is 4.74 Å². The highest BCUT2D eigenvalue weighted by molar-refractivity contribution is 8.00. The van der Waals surface area contributed by atoms with E-state index < -0.39 is 0 Å². The summed E-state index contributed by atoms with van der Waals surface area (Å²) in [6.07, 6.45) is 1.76. The number of carbonyl (C=O) groups excluding carboxylic acids is 1. The Morgan fingerprint density at radius 1 is 1.12 bits per heavy atom. The molecule has 0 fully saturated rings. The van der Waals surface area contributed by atoms with Crippen LogP contribution >= 0.6 is 11.8 Å². The number of carbonyl (C=O) groups is 1. The zero-order valence-corrected chi connectivity index (χ0v) is 14.6. The fraction of sp³-hybridized carbons (Fsp3) is 0.350. The van der Waals surface area contributed by atoms with Crippen molar-refractivity contribution in [3.8, 4) is 5.75 Å². The fourth-order valence-corrected chi connectivity index (χ4v) is 4.62. The van der Waals surface area contributed by atoms with Gasteiger partial charge in [-0.05, 0) is 31.0 Å². The second-order valence-electron chi connectivity index (χ2n) is 6.40. The molecule has 0 N–H and O–H groups in total. The van der Waals surface area contributed by atoms with Gasteiger partial charge in [0.05, 0.1) is 18.2 Å². The van der Waals surface area contributed by atoms with Crippen molar-refractivity contribution in [2.24, 2.45) is 0 Å². The Bertz CT molecular complexity index is 761. The van der Waals surface area contributed by atoms with Gasteiger partial charge in [-0.15, -0.1) is 11.8 Å². The second kappa shape index (κ2) is 6.52. The lowest BCUT2D eigenvalue weighted by Crippen LogP contribution is -2.38. The van der Waals surface area contributed by atoms with Crippen LogP contribution in [0.2, 0.25) is 0 Å². The Hall–Kier alpha value is -1.94. The molecule has 0 bridgehead atoms. The molecule has 4 rings (SSSR count). The maximum atomic E-state index is 13.4. The third-order valence-corrected chi connectivity index (χ3v) is 6.00. The SMILES string of the molecule is CC1CCN(C(=O)C2CCOc3ccccc32)c2ccccc2S1. The molecule has 0 aromatic heterocycles. The summed E-state index contributed by atoms with van der Waals surface area (Å²) in [6, 6.07) is 16.2.